The van der Waals surface area contributed by atoms with Crippen LogP contribution in [0.3, 0.4) is 0 Å². The zero-order chi connectivity index (χ0) is 15.9. The summed E-state index contributed by atoms with van der Waals surface area (Å²) in [6.45, 7) is 10.6. The van der Waals surface area contributed by atoms with Gasteiger partial charge in [-0.05, 0) is 63.2 Å². The second kappa shape index (κ2) is 8.76. The molecule has 0 spiro atoms. The molecule has 0 bridgehead atoms. The topological polar surface area (TPSA) is 47.9 Å². The van der Waals surface area contributed by atoms with Crippen molar-refractivity contribution in [3.63, 3.8) is 0 Å². The Labute approximate surface area is 136 Å². The molecule has 22 heavy (non-hydrogen) atoms. The van der Waals surface area contributed by atoms with Crippen LogP contribution >= 0.6 is 0 Å². The molecule has 0 aromatic heterocycles. The van der Waals surface area contributed by atoms with Gasteiger partial charge in [0.2, 0.25) is 0 Å². The van der Waals surface area contributed by atoms with Crippen LogP contribution in [0.1, 0.15) is 59.3 Å². The Morgan fingerprint density at radius 3 is 2.32 bits per heavy atom. The summed E-state index contributed by atoms with van der Waals surface area (Å²) in [5, 5.41) is 13.1. The first-order valence-corrected chi connectivity index (χ1v) is 9.31. The Morgan fingerprint density at radius 2 is 1.77 bits per heavy atom. The highest BCUT2D eigenvalue weighted by molar-refractivity contribution is 5.80. The lowest BCUT2D eigenvalue weighted by Gasteiger charge is -2.33. The van der Waals surface area contributed by atoms with E-state index >= 15 is 0 Å². The summed E-state index contributed by atoms with van der Waals surface area (Å²) in [5.74, 6) is 3.58. The monoisotopic (exact) mass is 309 g/mol. The van der Waals surface area contributed by atoms with Crippen molar-refractivity contribution in [2.75, 3.05) is 26.2 Å². The van der Waals surface area contributed by atoms with Gasteiger partial charge in [-0.15, -0.1) is 0 Å². The van der Waals surface area contributed by atoms with Crippen LogP contribution in [0.4, 0.5) is 0 Å². The molecule has 1 aliphatic carbocycles. The van der Waals surface area contributed by atoms with Crippen molar-refractivity contribution in [3.8, 4) is 0 Å². The molecule has 0 amide bonds. The van der Waals surface area contributed by atoms with Gasteiger partial charge in [-0.3, -0.25) is 4.99 Å². The molecule has 4 heteroatoms. The van der Waals surface area contributed by atoms with E-state index < -0.39 is 0 Å². The number of nitrogens with one attached hydrogen (secondary N) is 1. The van der Waals surface area contributed by atoms with Crippen LogP contribution in [0.2, 0.25) is 0 Å². The minimum absolute atomic E-state index is 0.120. The number of piperidine rings is 1. The van der Waals surface area contributed by atoms with E-state index in [9.17, 15) is 5.11 Å². The predicted molar refractivity (Wildman–Crippen MR) is 93.1 cm³/mol. The first-order chi connectivity index (χ1) is 10.6. The molecule has 0 atom stereocenters. The van der Waals surface area contributed by atoms with Crippen molar-refractivity contribution in [1.82, 2.24) is 10.2 Å². The van der Waals surface area contributed by atoms with E-state index in [2.05, 4.69) is 31.0 Å². The molecule has 1 saturated carbocycles. The number of rotatable bonds is 4. The van der Waals surface area contributed by atoms with Gasteiger partial charge >= 0.3 is 0 Å². The molecule has 0 radical (unpaired) electrons. The zero-order valence-corrected chi connectivity index (χ0v) is 14.7. The van der Waals surface area contributed by atoms with Gasteiger partial charge < -0.3 is 15.3 Å². The van der Waals surface area contributed by atoms with Crippen molar-refractivity contribution in [2.24, 2.45) is 22.7 Å². The molecule has 4 nitrogen and oxygen atoms in total. The molecule has 0 aromatic carbocycles. The Morgan fingerprint density at radius 1 is 1.14 bits per heavy atom. The minimum Gasteiger partial charge on any atom is -0.393 e. The van der Waals surface area contributed by atoms with Crippen molar-refractivity contribution in [3.05, 3.63) is 0 Å². The SMILES string of the molecule is CCNC(=NCC1CCC(C(C)C)CC1)N1CCC(O)CC1. The highest BCUT2D eigenvalue weighted by Crippen LogP contribution is 2.33. The Balaban J connectivity index is 1.83. The fraction of sp³-hybridized carbons (Fsp3) is 0.944. The number of hydrogen-bond donors (Lipinski definition) is 2. The zero-order valence-electron chi connectivity index (χ0n) is 14.7. The third kappa shape index (κ3) is 5.15. The van der Waals surface area contributed by atoms with Gasteiger partial charge in [-0.1, -0.05) is 13.8 Å². The predicted octanol–water partition coefficient (Wildman–Crippen LogP) is 2.87. The number of nitrogens with zero attached hydrogens (tertiary/aromatic N) is 2. The van der Waals surface area contributed by atoms with Gasteiger partial charge in [0.25, 0.3) is 0 Å². The molecule has 2 fully saturated rings. The Bertz CT molecular complexity index is 340. The van der Waals surface area contributed by atoms with E-state index in [4.69, 9.17) is 4.99 Å². The smallest absolute Gasteiger partial charge is 0.193 e. The van der Waals surface area contributed by atoms with Crippen molar-refractivity contribution in [1.29, 1.82) is 0 Å². The molecular weight excluding hydrogens is 274 g/mol. The van der Waals surface area contributed by atoms with Gasteiger partial charge in [0, 0.05) is 26.2 Å². The van der Waals surface area contributed by atoms with E-state index in [-0.39, 0.29) is 6.10 Å². The van der Waals surface area contributed by atoms with Crippen LogP contribution in [-0.4, -0.2) is 48.2 Å². The van der Waals surface area contributed by atoms with E-state index in [1.807, 2.05) is 0 Å². The van der Waals surface area contributed by atoms with Crippen molar-refractivity contribution >= 4 is 5.96 Å². The summed E-state index contributed by atoms with van der Waals surface area (Å²) >= 11 is 0. The minimum atomic E-state index is -0.120. The molecule has 2 rings (SSSR count). The largest absolute Gasteiger partial charge is 0.393 e. The van der Waals surface area contributed by atoms with Crippen LogP contribution in [0.15, 0.2) is 4.99 Å². The summed E-state index contributed by atoms with van der Waals surface area (Å²) in [7, 11) is 0. The number of guanidine groups is 1. The van der Waals surface area contributed by atoms with Crippen LogP contribution in [0.25, 0.3) is 0 Å². The third-order valence-corrected chi connectivity index (χ3v) is 5.43. The molecule has 1 saturated heterocycles. The quantitative estimate of drug-likeness (QED) is 0.620. The van der Waals surface area contributed by atoms with Crippen molar-refractivity contribution < 1.29 is 5.11 Å². The fourth-order valence-electron chi connectivity index (χ4n) is 3.76. The maximum absolute atomic E-state index is 9.66. The summed E-state index contributed by atoms with van der Waals surface area (Å²) < 4.78 is 0. The number of aliphatic hydroxyl groups is 1. The van der Waals surface area contributed by atoms with Gasteiger partial charge in [0.1, 0.15) is 0 Å². The molecule has 128 valence electrons. The standard InChI is InChI=1S/C18H35N3O/c1-4-19-18(21-11-9-17(22)10-12-21)20-13-15-5-7-16(8-6-15)14(2)3/h14-17,22H,4-13H2,1-3H3,(H,19,20). The summed E-state index contributed by atoms with van der Waals surface area (Å²) in [4.78, 5) is 7.22. The van der Waals surface area contributed by atoms with E-state index in [0.717, 1.165) is 62.7 Å². The Kier molecular flexibility index (Phi) is 7.00. The average Bonchev–Trinajstić information content (AvgIpc) is 2.53. The highest BCUT2D eigenvalue weighted by atomic mass is 16.3. The van der Waals surface area contributed by atoms with Gasteiger partial charge in [0.15, 0.2) is 5.96 Å². The van der Waals surface area contributed by atoms with Crippen LogP contribution < -0.4 is 5.32 Å². The lowest BCUT2D eigenvalue weighted by atomic mass is 9.77. The second-order valence-corrected chi connectivity index (χ2v) is 7.44. The Hall–Kier alpha value is -0.770. The van der Waals surface area contributed by atoms with Crippen LogP contribution in [-0.2, 0) is 0 Å². The molecule has 1 aliphatic heterocycles. The first kappa shape index (κ1) is 17.6. The van der Waals surface area contributed by atoms with E-state index in [0.29, 0.717) is 0 Å². The van der Waals surface area contributed by atoms with Gasteiger partial charge in [-0.2, -0.15) is 0 Å². The number of aliphatic imine (C=N–C) groups is 1. The number of likely N-dealkylation sites (tertiary alicyclic amines) is 1. The molecule has 0 aromatic rings. The van der Waals surface area contributed by atoms with E-state index in [1.54, 1.807) is 0 Å². The molecule has 2 N–H and O–H groups in total. The van der Waals surface area contributed by atoms with Crippen LogP contribution in [0.5, 0.6) is 0 Å². The normalized spacial score (nSPS) is 28.2. The molecule has 0 unspecified atom stereocenters. The lowest BCUT2D eigenvalue weighted by molar-refractivity contribution is 0.108. The van der Waals surface area contributed by atoms with Gasteiger partial charge in [-0.25, -0.2) is 0 Å². The van der Waals surface area contributed by atoms with E-state index in [1.165, 1.54) is 25.7 Å². The molecule has 1 heterocycles. The average molecular weight is 309 g/mol. The second-order valence-electron chi connectivity index (χ2n) is 7.44. The lowest BCUT2D eigenvalue weighted by Crippen LogP contribution is -2.46. The molecule has 2 aliphatic rings. The maximum Gasteiger partial charge on any atom is 0.193 e. The molecular formula is C18H35N3O. The number of aliphatic hydroxyl groups excluding tert-OH is 1. The fourth-order valence-corrected chi connectivity index (χ4v) is 3.76. The maximum atomic E-state index is 9.66. The summed E-state index contributed by atoms with van der Waals surface area (Å²) in [6, 6.07) is 0. The van der Waals surface area contributed by atoms with Crippen molar-refractivity contribution in [2.45, 2.75) is 65.4 Å². The summed E-state index contributed by atoms with van der Waals surface area (Å²) in [5.41, 5.74) is 0. The number of hydrogen-bond acceptors (Lipinski definition) is 2. The first-order valence-electron chi connectivity index (χ1n) is 9.31. The highest BCUT2D eigenvalue weighted by Gasteiger charge is 2.24. The summed E-state index contributed by atoms with van der Waals surface area (Å²) in [6.07, 6.45) is 7.04. The van der Waals surface area contributed by atoms with Crippen LogP contribution in [0, 0.1) is 17.8 Å². The van der Waals surface area contributed by atoms with Gasteiger partial charge in [0.05, 0.1) is 6.10 Å². The third-order valence-electron chi connectivity index (χ3n) is 5.43.